The molecule has 4 heteroatoms. The number of amides is 2. The van der Waals surface area contributed by atoms with Gasteiger partial charge in [0.25, 0.3) is 11.8 Å². The van der Waals surface area contributed by atoms with Crippen LogP contribution in [0.25, 0.3) is 5.57 Å². The molecule has 32 heavy (non-hydrogen) atoms. The predicted octanol–water partition coefficient (Wildman–Crippen LogP) is 6.68. The molecule has 0 aromatic heterocycles. The molecule has 0 N–H and O–H groups in total. The van der Waals surface area contributed by atoms with Crippen LogP contribution in [0, 0.1) is 13.8 Å². The highest BCUT2D eigenvalue weighted by molar-refractivity contribution is 8.04. The molecule has 0 unspecified atom stereocenters. The number of hydrogen-bond donors (Lipinski definition) is 0. The highest BCUT2D eigenvalue weighted by Crippen LogP contribution is 2.42. The summed E-state index contributed by atoms with van der Waals surface area (Å²) in [6.45, 7) is 10.5. The largest absolute Gasteiger partial charge is 0.272 e. The Morgan fingerprint density at radius 2 is 1.41 bits per heavy atom. The van der Waals surface area contributed by atoms with Crippen LogP contribution in [-0.2, 0) is 15.0 Å². The summed E-state index contributed by atoms with van der Waals surface area (Å²) >= 11 is 1.35. The molecule has 0 atom stereocenters. The van der Waals surface area contributed by atoms with Gasteiger partial charge in [-0.05, 0) is 65.8 Å². The zero-order valence-electron chi connectivity index (χ0n) is 19.1. The predicted molar refractivity (Wildman–Crippen MR) is 133 cm³/mol. The van der Waals surface area contributed by atoms with Crippen molar-refractivity contribution in [2.75, 3.05) is 4.90 Å². The van der Waals surface area contributed by atoms with E-state index >= 15 is 0 Å². The minimum absolute atomic E-state index is 0.00524. The highest BCUT2D eigenvalue weighted by atomic mass is 32.2. The summed E-state index contributed by atoms with van der Waals surface area (Å²) in [5.74, 6) is -0.555. The zero-order valence-corrected chi connectivity index (χ0v) is 19.9. The lowest BCUT2D eigenvalue weighted by molar-refractivity contribution is -0.119. The van der Waals surface area contributed by atoms with Crippen LogP contribution in [-0.4, -0.2) is 11.8 Å². The van der Waals surface area contributed by atoms with Crippen molar-refractivity contribution >= 4 is 34.8 Å². The number of hydrogen-bond acceptors (Lipinski definition) is 3. The Morgan fingerprint density at radius 1 is 0.750 bits per heavy atom. The van der Waals surface area contributed by atoms with Crippen LogP contribution < -0.4 is 4.90 Å². The van der Waals surface area contributed by atoms with Gasteiger partial charge in [-0.25, -0.2) is 4.90 Å². The van der Waals surface area contributed by atoms with E-state index in [1.54, 1.807) is 0 Å². The topological polar surface area (TPSA) is 37.4 Å². The summed E-state index contributed by atoms with van der Waals surface area (Å²) < 4.78 is 0. The number of carbonyl (C=O) groups excluding carboxylic acids is 2. The lowest BCUT2D eigenvalue weighted by Crippen LogP contribution is -2.31. The molecule has 1 aliphatic rings. The van der Waals surface area contributed by atoms with Gasteiger partial charge in [0.2, 0.25) is 0 Å². The first-order valence-corrected chi connectivity index (χ1v) is 11.5. The molecule has 0 spiro atoms. The van der Waals surface area contributed by atoms with Gasteiger partial charge in [-0.2, -0.15) is 0 Å². The SMILES string of the molecule is Cc1ccc(C2=C(Sc3ccccc3)C(=O)N(c3ccc(C(C)(C)C)cc3)C2=O)cc1C. The second-order valence-corrected chi connectivity index (χ2v) is 10.2. The molecule has 0 saturated carbocycles. The van der Waals surface area contributed by atoms with Crippen molar-refractivity contribution in [3.8, 4) is 0 Å². The number of benzene rings is 3. The molecule has 3 nitrogen and oxygen atoms in total. The van der Waals surface area contributed by atoms with E-state index in [0.29, 0.717) is 16.2 Å². The Hall–Kier alpha value is -3.11. The standard InChI is InChI=1S/C28H27NO2S/c1-18-11-12-20(17-19(18)2)24-25(32-23-9-7-6-8-10-23)27(31)29(26(24)30)22-15-13-21(14-16-22)28(3,4)5/h6-17H,1-5H3. The number of nitrogens with zero attached hydrogens (tertiary/aromatic N) is 1. The van der Waals surface area contributed by atoms with E-state index < -0.39 is 0 Å². The summed E-state index contributed by atoms with van der Waals surface area (Å²) in [6.07, 6.45) is 0. The van der Waals surface area contributed by atoms with E-state index in [9.17, 15) is 9.59 Å². The molecule has 162 valence electrons. The van der Waals surface area contributed by atoms with Crippen LogP contribution in [0.15, 0.2) is 82.6 Å². The number of carbonyl (C=O) groups is 2. The van der Waals surface area contributed by atoms with Crippen molar-refractivity contribution in [2.24, 2.45) is 0 Å². The Kier molecular flexibility index (Phi) is 5.83. The average Bonchev–Trinajstić information content (AvgIpc) is 3.00. The lowest BCUT2D eigenvalue weighted by Gasteiger charge is -2.21. The van der Waals surface area contributed by atoms with Crippen LogP contribution >= 0.6 is 11.8 Å². The monoisotopic (exact) mass is 441 g/mol. The molecular formula is C28H27NO2S. The summed E-state index contributed by atoms with van der Waals surface area (Å²) in [6, 6.07) is 23.4. The third-order valence-corrected chi connectivity index (χ3v) is 6.88. The quantitative estimate of drug-likeness (QED) is 0.424. The number of thioether (sulfide) groups is 1. The number of rotatable bonds is 4. The van der Waals surface area contributed by atoms with E-state index in [4.69, 9.17) is 0 Å². The van der Waals surface area contributed by atoms with Crippen LogP contribution in [0.1, 0.15) is 43.0 Å². The molecule has 1 heterocycles. The molecule has 2 amide bonds. The Bertz CT molecular complexity index is 1220. The first kappa shape index (κ1) is 22.1. The summed E-state index contributed by atoms with van der Waals surface area (Å²) in [5.41, 5.74) is 5.23. The second-order valence-electron chi connectivity index (χ2n) is 9.16. The van der Waals surface area contributed by atoms with E-state index in [1.807, 2.05) is 86.6 Å². The van der Waals surface area contributed by atoms with Gasteiger partial charge in [-0.1, -0.05) is 81.1 Å². The number of imide groups is 1. The van der Waals surface area contributed by atoms with Crippen molar-refractivity contribution in [2.45, 2.75) is 44.9 Å². The first-order valence-electron chi connectivity index (χ1n) is 10.7. The number of aryl methyl sites for hydroxylation is 2. The fourth-order valence-electron chi connectivity index (χ4n) is 3.71. The molecule has 0 radical (unpaired) electrons. The lowest BCUT2D eigenvalue weighted by atomic mass is 9.87. The van der Waals surface area contributed by atoms with E-state index in [1.165, 1.54) is 16.7 Å². The van der Waals surface area contributed by atoms with Crippen LogP contribution in [0.2, 0.25) is 0 Å². The molecular weight excluding hydrogens is 414 g/mol. The summed E-state index contributed by atoms with van der Waals surface area (Å²) in [5, 5.41) is 0. The van der Waals surface area contributed by atoms with Crippen molar-refractivity contribution in [1.82, 2.24) is 0 Å². The molecule has 0 fully saturated rings. The summed E-state index contributed by atoms with van der Waals surface area (Å²) in [7, 11) is 0. The maximum Gasteiger partial charge on any atom is 0.272 e. The number of anilines is 1. The van der Waals surface area contributed by atoms with Crippen LogP contribution in [0.4, 0.5) is 5.69 Å². The highest BCUT2D eigenvalue weighted by Gasteiger charge is 2.40. The van der Waals surface area contributed by atoms with Gasteiger partial charge in [0.05, 0.1) is 16.2 Å². The van der Waals surface area contributed by atoms with Crippen molar-refractivity contribution in [3.63, 3.8) is 0 Å². The van der Waals surface area contributed by atoms with Crippen LogP contribution in [0.3, 0.4) is 0 Å². The summed E-state index contributed by atoms with van der Waals surface area (Å²) in [4.78, 5) is 29.9. The normalized spacial score (nSPS) is 14.5. The maximum absolute atomic E-state index is 13.6. The minimum Gasteiger partial charge on any atom is -0.268 e. The molecule has 0 saturated heterocycles. The van der Waals surface area contributed by atoms with E-state index in [-0.39, 0.29) is 17.2 Å². The smallest absolute Gasteiger partial charge is 0.268 e. The third-order valence-electron chi connectivity index (χ3n) is 5.79. The molecule has 3 aromatic carbocycles. The molecule has 1 aliphatic heterocycles. The van der Waals surface area contributed by atoms with Gasteiger partial charge in [0.1, 0.15) is 0 Å². The first-order chi connectivity index (χ1) is 15.2. The molecule has 3 aromatic rings. The zero-order chi connectivity index (χ0) is 23.0. The molecule has 4 rings (SSSR count). The second kappa shape index (κ2) is 8.44. The fraction of sp³-hybridized carbons (Fsp3) is 0.214. The van der Waals surface area contributed by atoms with Gasteiger partial charge >= 0.3 is 0 Å². The van der Waals surface area contributed by atoms with Crippen LogP contribution in [0.5, 0.6) is 0 Å². The van der Waals surface area contributed by atoms with Crippen molar-refractivity contribution < 1.29 is 9.59 Å². The minimum atomic E-state index is -0.278. The van der Waals surface area contributed by atoms with Gasteiger partial charge < -0.3 is 0 Å². The van der Waals surface area contributed by atoms with Gasteiger partial charge in [-0.3, -0.25) is 9.59 Å². The van der Waals surface area contributed by atoms with E-state index in [0.717, 1.165) is 27.1 Å². The van der Waals surface area contributed by atoms with Gasteiger partial charge in [0, 0.05) is 4.90 Å². The van der Waals surface area contributed by atoms with E-state index in [2.05, 4.69) is 20.8 Å². The van der Waals surface area contributed by atoms with Gasteiger partial charge in [0.15, 0.2) is 0 Å². The van der Waals surface area contributed by atoms with Crippen molar-refractivity contribution in [3.05, 3.63) is 100.0 Å². The van der Waals surface area contributed by atoms with Gasteiger partial charge in [-0.15, -0.1) is 0 Å². The Balaban J connectivity index is 1.80. The average molecular weight is 442 g/mol. The Morgan fingerprint density at radius 3 is 2.00 bits per heavy atom. The Labute approximate surface area is 194 Å². The maximum atomic E-state index is 13.6. The molecule has 0 bridgehead atoms. The molecule has 0 aliphatic carbocycles. The van der Waals surface area contributed by atoms with Crippen molar-refractivity contribution in [1.29, 1.82) is 0 Å². The third kappa shape index (κ3) is 4.15. The fourth-order valence-corrected chi connectivity index (χ4v) is 4.72.